The van der Waals surface area contributed by atoms with Crippen LogP contribution in [0.15, 0.2) is 12.1 Å². The molecule has 1 N–H and O–H groups in total. The summed E-state index contributed by atoms with van der Waals surface area (Å²) >= 11 is 6.08. The fourth-order valence-electron chi connectivity index (χ4n) is 4.00. The Hall–Kier alpha value is -1.66. The first kappa shape index (κ1) is 17.7. The Labute approximate surface area is 158 Å². The van der Waals surface area contributed by atoms with Gasteiger partial charge in [0.15, 0.2) is 5.65 Å². The lowest BCUT2D eigenvalue weighted by Gasteiger charge is -2.35. The van der Waals surface area contributed by atoms with Crippen LogP contribution in [0.5, 0.6) is 0 Å². The summed E-state index contributed by atoms with van der Waals surface area (Å²) in [6, 6.07) is 3.93. The van der Waals surface area contributed by atoms with Crippen LogP contribution in [0.4, 0.5) is 5.95 Å². The van der Waals surface area contributed by atoms with Gasteiger partial charge in [-0.1, -0.05) is 11.6 Å². The summed E-state index contributed by atoms with van der Waals surface area (Å²) in [4.78, 5) is 21.7. The number of anilines is 1. The smallest absolute Gasteiger partial charge is 0.226 e. The van der Waals surface area contributed by atoms with Gasteiger partial charge in [0, 0.05) is 19.1 Å². The highest BCUT2D eigenvalue weighted by atomic mass is 35.5. The van der Waals surface area contributed by atoms with Crippen LogP contribution in [0.25, 0.3) is 11.2 Å². The van der Waals surface area contributed by atoms with E-state index in [1.807, 2.05) is 6.07 Å². The highest BCUT2D eigenvalue weighted by Gasteiger charge is 2.31. The van der Waals surface area contributed by atoms with E-state index in [9.17, 15) is 4.79 Å². The minimum Gasteiger partial charge on any atom is -0.376 e. The van der Waals surface area contributed by atoms with Crippen molar-refractivity contribution in [3.63, 3.8) is 0 Å². The highest BCUT2D eigenvalue weighted by Crippen LogP contribution is 2.37. The van der Waals surface area contributed by atoms with E-state index in [0.717, 1.165) is 36.8 Å². The molecule has 0 spiro atoms. The zero-order valence-corrected chi connectivity index (χ0v) is 16.1. The molecule has 1 atom stereocenters. The van der Waals surface area contributed by atoms with Gasteiger partial charge in [0.1, 0.15) is 10.7 Å². The standard InChI is InChI=1S/C19H25ClN4O2/c1-19(2)11-12(8-9-26-19)10-16(25)23-18-21-14-6-7-15(20)22-17(14)24(18)13-4-3-5-13/h6-7,12-13H,3-5,8-11H2,1-2H3,(H,21,23,25). The molecule has 0 aromatic carbocycles. The largest absolute Gasteiger partial charge is 0.376 e. The van der Waals surface area contributed by atoms with E-state index in [1.54, 1.807) is 6.07 Å². The Morgan fingerprint density at radius 1 is 1.35 bits per heavy atom. The highest BCUT2D eigenvalue weighted by molar-refractivity contribution is 6.29. The second-order valence-electron chi connectivity index (χ2n) is 8.09. The number of imidazole rings is 1. The first-order chi connectivity index (χ1) is 12.4. The SMILES string of the molecule is CC1(C)CC(CC(=O)Nc2nc3ccc(Cl)nc3n2C2CCC2)CCO1. The molecular weight excluding hydrogens is 352 g/mol. The number of hydrogen-bond acceptors (Lipinski definition) is 4. The summed E-state index contributed by atoms with van der Waals surface area (Å²) in [7, 11) is 0. The molecule has 26 heavy (non-hydrogen) atoms. The van der Waals surface area contributed by atoms with E-state index >= 15 is 0 Å². The molecule has 1 amide bonds. The van der Waals surface area contributed by atoms with Gasteiger partial charge < -0.3 is 4.74 Å². The quantitative estimate of drug-likeness (QED) is 0.805. The maximum Gasteiger partial charge on any atom is 0.226 e. The van der Waals surface area contributed by atoms with Gasteiger partial charge in [0.05, 0.1) is 5.60 Å². The van der Waals surface area contributed by atoms with Crippen molar-refractivity contribution in [2.45, 2.75) is 64.0 Å². The van der Waals surface area contributed by atoms with Crippen molar-refractivity contribution in [3.8, 4) is 0 Å². The number of hydrogen-bond donors (Lipinski definition) is 1. The number of fused-ring (bicyclic) bond motifs is 1. The summed E-state index contributed by atoms with van der Waals surface area (Å²) in [6.07, 6.45) is 5.67. The summed E-state index contributed by atoms with van der Waals surface area (Å²) in [5.41, 5.74) is 1.37. The van der Waals surface area contributed by atoms with Crippen molar-refractivity contribution in [1.82, 2.24) is 14.5 Å². The van der Waals surface area contributed by atoms with Gasteiger partial charge in [-0.05, 0) is 64.0 Å². The maximum absolute atomic E-state index is 12.7. The molecule has 2 fully saturated rings. The predicted octanol–water partition coefficient (Wildman–Crippen LogP) is 4.34. The number of carbonyl (C=O) groups is 1. The molecule has 0 bridgehead atoms. The molecule has 1 unspecified atom stereocenters. The zero-order valence-electron chi connectivity index (χ0n) is 15.3. The van der Waals surface area contributed by atoms with Crippen LogP contribution in [-0.2, 0) is 9.53 Å². The van der Waals surface area contributed by atoms with Gasteiger partial charge in [0.25, 0.3) is 0 Å². The second kappa shape index (κ2) is 6.82. The van der Waals surface area contributed by atoms with Crippen LogP contribution in [0.1, 0.15) is 58.4 Å². The van der Waals surface area contributed by atoms with Gasteiger partial charge in [-0.2, -0.15) is 0 Å². The molecular formula is C19H25ClN4O2. The monoisotopic (exact) mass is 376 g/mol. The van der Waals surface area contributed by atoms with E-state index in [2.05, 4.69) is 33.7 Å². The van der Waals surface area contributed by atoms with Crippen molar-refractivity contribution in [2.24, 2.45) is 5.92 Å². The first-order valence-corrected chi connectivity index (χ1v) is 9.77. The maximum atomic E-state index is 12.7. The van der Waals surface area contributed by atoms with Gasteiger partial charge in [-0.25, -0.2) is 9.97 Å². The van der Waals surface area contributed by atoms with Crippen LogP contribution in [0, 0.1) is 5.92 Å². The Bertz CT molecular complexity index is 828. The number of carbonyl (C=O) groups excluding carboxylic acids is 1. The van der Waals surface area contributed by atoms with Crippen molar-refractivity contribution < 1.29 is 9.53 Å². The minimum absolute atomic E-state index is 0.00896. The van der Waals surface area contributed by atoms with Crippen LogP contribution < -0.4 is 5.32 Å². The first-order valence-electron chi connectivity index (χ1n) is 9.39. The fourth-order valence-corrected chi connectivity index (χ4v) is 4.14. The molecule has 3 heterocycles. The average Bonchev–Trinajstić information content (AvgIpc) is 2.82. The van der Waals surface area contributed by atoms with E-state index < -0.39 is 0 Å². The van der Waals surface area contributed by atoms with Crippen molar-refractivity contribution in [3.05, 3.63) is 17.3 Å². The molecule has 6 nitrogen and oxygen atoms in total. The summed E-state index contributed by atoms with van der Waals surface area (Å²) < 4.78 is 7.80. The summed E-state index contributed by atoms with van der Waals surface area (Å²) in [6.45, 7) is 4.89. The Morgan fingerprint density at radius 2 is 2.15 bits per heavy atom. The fraction of sp³-hybridized carbons (Fsp3) is 0.632. The third-order valence-corrected chi connectivity index (χ3v) is 5.68. The Balaban J connectivity index is 1.54. The van der Waals surface area contributed by atoms with Crippen LogP contribution in [0.3, 0.4) is 0 Å². The third kappa shape index (κ3) is 3.58. The third-order valence-electron chi connectivity index (χ3n) is 5.47. The number of rotatable bonds is 4. The average molecular weight is 377 g/mol. The number of nitrogens with one attached hydrogen (secondary N) is 1. The van der Waals surface area contributed by atoms with Crippen molar-refractivity contribution in [2.75, 3.05) is 11.9 Å². The molecule has 0 radical (unpaired) electrons. The van der Waals surface area contributed by atoms with E-state index in [1.165, 1.54) is 6.42 Å². The van der Waals surface area contributed by atoms with Crippen LogP contribution >= 0.6 is 11.6 Å². The molecule has 1 saturated heterocycles. The van der Waals surface area contributed by atoms with Crippen molar-refractivity contribution in [1.29, 1.82) is 0 Å². The topological polar surface area (TPSA) is 69.0 Å². The zero-order chi connectivity index (χ0) is 18.3. The number of halogens is 1. The molecule has 2 aromatic rings. The lowest BCUT2D eigenvalue weighted by atomic mass is 9.86. The lowest BCUT2D eigenvalue weighted by molar-refractivity contribution is -0.120. The summed E-state index contributed by atoms with van der Waals surface area (Å²) in [5, 5.41) is 3.48. The number of pyridine rings is 1. The molecule has 4 rings (SSSR count). The van der Waals surface area contributed by atoms with E-state index in [0.29, 0.717) is 36.1 Å². The van der Waals surface area contributed by atoms with E-state index in [4.69, 9.17) is 16.3 Å². The number of aromatic nitrogens is 3. The van der Waals surface area contributed by atoms with Crippen LogP contribution in [-0.4, -0.2) is 32.7 Å². The normalized spacial score (nSPS) is 23.0. The molecule has 7 heteroatoms. The number of nitrogens with zero attached hydrogens (tertiary/aromatic N) is 3. The Morgan fingerprint density at radius 3 is 2.85 bits per heavy atom. The molecule has 2 aliphatic rings. The molecule has 1 saturated carbocycles. The van der Waals surface area contributed by atoms with Gasteiger partial charge >= 0.3 is 0 Å². The molecule has 140 valence electrons. The van der Waals surface area contributed by atoms with Gasteiger partial charge in [-0.15, -0.1) is 0 Å². The van der Waals surface area contributed by atoms with Crippen LogP contribution in [0.2, 0.25) is 5.15 Å². The van der Waals surface area contributed by atoms with E-state index in [-0.39, 0.29) is 11.5 Å². The van der Waals surface area contributed by atoms with Crippen molar-refractivity contribution >= 4 is 34.6 Å². The lowest BCUT2D eigenvalue weighted by Crippen LogP contribution is -2.35. The van der Waals surface area contributed by atoms with Gasteiger partial charge in [0.2, 0.25) is 11.9 Å². The van der Waals surface area contributed by atoms with Gasteiger partial charge in [-0.3, -0.25) is 14.7 Å². The molecule has 2 aromatic heterocycles. The second-order valence-corrected chi connectivity index (χ2v) is 8.47. The minimum atomic E-state index is -0.150. The molecule has 1 aliphatic heterocycles. The number of ether oxygens (including phenoxy) is 1. The predicted molar refractivity (Wildman–Crippen MR) is 101 cm³/mol. The molecule has 1 aliphatic carbocycles. The number of amides is 1. The Kier molecular flexibility index (Phi) is 4.65. The summed E-state index contributed by atoms with van der Waals surface area (Å²) in [5.74, 6) is 0.943.